The van der Waals surface area contributed by atoms with Crippen molar-refractivity contribution in [1.82, 2.24) is 5.48 Å². The Morgan fingerprint density at radius 3 is 2.42 bits per heavy atom. The van der Waals surface area contributed by atoms with Crippen LogP contribution in [0.1, 0.15) is 6.42 Å². The van der Waals surface area contributed by atoms with Gasteiger partial charge in [0.1, 0.15) is 6.04 Å². The average molecular weight is 177 g/mol. The van der Waals surface area contributed by atoms with Crippen molar-refractivity contribution >= 4 is 11.9 Å². The molecule has 0 aliphatic carbocycles. The number of esters is 1. The van der Waals surface area contributed by atoms with Crippen LogP contribution in [0.2, 0.25) is 0 Å². The van der Waals surface area contributed by atoms with Crippen molar-refractivity contribution in [2.75, 3.05) is 14.2 Å². The molecule has 0 saturated carbocycles. The third kappa shape index (κ3) is 3.89. The molecule has 0 aliphatic heterocycles. The van der Waals surface area contributed by atoms with Crippen LogP contribution in [0.25, 0.3) is 0 Å². The number of carboxylic acid groups (broad SMARTS) is 1. The second-order valence-electron chi connectivity index (χ2n) is 2.00. The van der Waals surface area contributed by atoms with Crippen molar-refractivity contribution in [3.8, 4) is 0 Å². The normalized spacial score (nSPS) is 12.2. The Bertz CT molecular complexity index is 169. The van der Waals surface area contributed by atoms with Crippen LogP contribution in [0.5, 0.6) is 0 Å². The topological polar surface area (TPSA) is 84.9 Å². The number of methoxy groups -OCH3 is 1. The van der Waals surface area contributed by atoms with Crippen molar-refractivity contribution < 1.29 is 24.3 Å². The zero-order valence-corrected chi connectivity index (χ0v) is 6.86. The van der Waals surface area contributed by atoms with E-state index in [0.717, 1.165) is 0 Å². The molecular formula is C6H11NO5. The highest BCUT2D eigenvalue weighted by Crippen LogP contribution is 1.94. The van der Waals surface area contributed by atoms with Gasteiger partial charge in [-0.2, -0.15) is 5.48 Å². The van der Waals surface area contributed by atoms with Crippen LogP contribution in [-0.2, 0) is 19.2 Å². The molecule has 0 heterocycles. The van der Waals surface area contributed by atoms with Crippen LogP contribution in [0.15, 0.2) is 0 Å². The van der Waals surface area contributed by atoms with Gasteiger partial charge < -0.3 is 14.7 Å². The fourth-order valence-corrected chi connectivity index (χ4v) is 0.632. The predicted octanol–water partition coefficient (Wildman–Crippen LogP) is -0.846. The molecule has 0 radical (unpaired) electrons. The minimum Gasteiger partial charge on any atom is -0.481 e. The van der Waals surface area contributed by atoms with Gasteiger partial charge in [0.15, 0.2) is 0 Å². The molecular weight excluding hydrogens is 166 g/mol. The number of hydrogen-bond acceptors (Lipinski definition) is 5. The number of nitrogens with one attached hydrogen (secondary N) is 1. The molecule has 0 aliphatic rings. The largest absolute Gasteiger partial charge is 0.481 e. The molecule has 0 unspecified atom stereocenters. The van der Waals surface area contributed by atoms with E-state index in [1.165, 1.54) is 14.2 Å². The van der Waals surface area contributed by atoms with Crippen LogP contribution in [0.3, 0.4) is 0 Å². The monoisotopic (exact) mass is 177 g/mol. The quantitative estimate of drug-likeness (QED) is 0.420. The van der Waals surface area contributed by atoms with E-state index in [2.05, 4.69) is 15.1 Å². The molecule has 0 saturated heterocycles. The number of hydrogen-bond donors (Lipinski definition) is 2. The average Bonchev–Trinajstić information content (AvgIpc) is 2.01. The van der Waals surface area contributed by atoms with E-state index in [9.17, 15) is 9.59 Å². The summed E-state index contributed by atoms with van der Waals surface area (Å²) in [5.41, 5.74) is 2.21. The number of carbonyl (C=O) groups excluding carboxylic acids is 1. The molecule has 6 heteroatoms. The summed E-state index contributed by atoms with van der Waals surface area (Å²) in [5, 5.41) is 8.35. The van der Waals surface area contributed by atoms with Gasteiger partial charge in [-0.1, -0.05) is 0 Å². The fourth-order valence-electron chi connectivity index (χ4n) is 0.632. The molecule has 0 bridgehead atoms. The van der Waals surface area contributed by atoms with Crippen LogP contribution >= 0.6 is 0 Å². The number of aliphatic carboxylic acids is 1. The zero-order chi connectivity index (χ0) is 9.56. The number of carboxylic acids is 1. The van der Waals surface area contributed by atoms with E-state index in [-0.39, 0.29) is 6.42 Å². The maximum atomic E-state index is 10.8. The van der Waals surface area contributed by atoms with Crippen molar-refractivity contribution in [3.63, 3.8) is 0 Å². The number of hydroxylamine groups is 1. The van der Waals surface area contributed by atoms with Gasteiger partial charge >= 0.3 is 11.9 Å². The Morgan fingerprint density at radius 1 is 1.50 bits per heavy atom. The van der Waals surface area contributed by atoms with E-state index in [1.54, 1.807) is 0 Å². The summed E-state index contributed by atoms with van der Waals surface area (Å²) < 4.78 is 4.32. The molecule has 12 heavy (non-hydrogen) atoms. The summed E-state index contributed by atoms with van der Waals surface area (Å²) in [6.45, 7) is 0. The standard InChI is InChI=1S/C6H11NO5/c1-11-6(10)4(7-12-2)3-5(8)9/h4,7H,3H2,1-2H3,(H,8,9)/t4-/m0/s1. The Labute approximate surface area is 69.4 Å². The molecule has 0 aromatic rings. The van der Waals surface area contributed by atoms with Crippen molar-refractivity contribution in [1.29, 1.82) is 0 Å². The first-order valence-electron chi connectivity index (χ1n) is 3.20. The summed E-state index contributed by atoms with van der Waals surface area (Å²) in [7, 11) is 2.46. The fraction of sp³-hybridized carbons (Fsp3) is 0.667. The molecule has 0 fully saturated rings. The summed E-state index contributed by atoms with van der Waals surface area (Å²) in [6, 6.07) is -0.961. The number of carbonyl (C=O) groups is 2. The Morgan fingerprint density at radius 2 is 2.08 bits per heavy atom. The van der Waals surface area contributed by atoms with E-state index >= 15 is 0 Å². The van der Waals surface area contributed by atoms with Gasteiger partial charge in [0, 0.05) is 0 Å². The van der Waals surface area contributed by atoms with Crippen molar-refractivity contribution in [3.05, 3.63) is 0 Å². The maximum Gasteiger partial charge on any atom is 0.325 e. The van der Waals surface area contributed by atoms with Crippen molar-refractivity contribution in [2.45, 2.75) is 12.5 Å². The molecule has 2 N–H and O–H groups in total. The molecule has 0 aromatic carbocycles. The molecule has 70 valence electrons. The highest BCUT2D eigenvalue weighted by Gasteiger charge is 2.21. The minimum absolute atomic E-state index is 0.374. The van der Waals surface area contributed by atoms with E-state index in [4.69, 9.17) is 5.11 Å². The molecule has 0 aromatic heterocycles. The van der Waals surface area contributed by atoms with Gasteiger partial charge in [0.05, 0.1) is 20.6 Å². The van der Waals surface area contributed by atoms with Crippen molar-refractivity contribution in [2.24, 2.45) is 0 Å². The van der Waals surface area contributed by atoms with Gasteiger partial charge in [-0.25, -0.2) is 0 Å². The molecule has 0 spiro atoms. The third-order valence-corrected chi connectivity index (χ3v) is 1.12. The zero-order valence-electron chi connectivity index (χ0n) is 6.86. The highest BCUT2D eigenvalue weighted by atomic mass is 16.6. The predicted molar refractivity (Wildman–Crippen MR) is 38.2 cm³/mol. The molecule has 0 rings (SSSR count). The second kappa shape index (κ2) is 5.50. The lowest BCUT2D eigenvalue weighted by Crippen LogP contribution is -2.38. The number of rotatable bonds is 5. The van der Waals surface area contributed by atoms with E-state index < -0.39 is 18.0 Å². The summed E-state index contributed by atoms with van der Waals surface area (Å²) >= 11 is 0. The van der Waals surface area contributed by atoms with Crippen LogP contribution in [0, 0.1) is 0 Å². The Balaban J connectivity index is 4.02. The lowest BCUT2D eigenvalue weighted by Gasteiger charge is -2.11. The first kappa shape index (κ1) is 10.9. The summed E-state index contributed by atoms with van der Waals surface area (Å²) in [5.74, 6) is -1.77. The summed E-state index contributed by atoms with van der Waals surface area (Å²) in [6.07, 6.45) is -0.374. The lowest BCUT2D eigenvalue weighted by atomic mass is 10.2. The van der Waals surface area contributed by atoms with Gasteiger partial charge in [0.25, 0.3) is 0 Å². The van der Waals surface area contributed by atoms with Crippen LogP contribution < -0.4 is 5.48 Å². The highest BCUT2D eigenvalue weighted by molar-refractivity contribution is 5.81. The van der Waals surface area contributed by atoms with Crippen LogP contribution in [-0.4, -0.2) is 37.3 Å². The molecule has 6 nitrogen and oxygen atoms in total. The van der Waals surface area contributed by atoms with E-state index in [0.29, 0.717) is 0 Å². The van der Waals surface area contributed by atoms with Crippen LogP contribution in [0.4, 0.5) is 0 Å². The van der Waals surface area contributed by atoms with Gasteiger partial charge in [0.2, 0.25) is 0 Å². The Kier molecular flexibility index (Phi) is 4.98. The SMILES string of the molecule is CON[C@@H](CC(=O)O)C(=O)OC. The van der Waals surface area contributed by atoms with Gasteiger partial charge in [-0.15, -0.1) is 0 Å². The lowest BCUT2D eigenvalue weighted by molar-refractivity contribution is -0.152. The Hall–Kier alpha value is -1.14. The smallest absolute Gasteiger partial charge is 0.325 e. The van der Waals surface area contributed by atoms with E-state index in [1.807, 2.05) is 0 Å². The minimum atomic E-state index is -1.10. The second-order valence-corrected chi connectivity index (χ2v) is 2.00. The number of ether oxygens (including phenoxy) is 1. The molecule has 0 amide bonds. The maximum absolute atomic E-state index is 10.8. The van der Waals surface area contributed by atoms with Gasteiger partial charge in [-0.3, -0.25) is 9.59 Å². The first-order chi connectivity index (χ1) is 5.61. The van der Waals surface area contributed by atoms with Gasteiger partial charge in [-0.05, 0) is 0 Å². The molecule has 1 atom stereocenters. The first-order valence-corrected chi connectivity index (χ1v) is 3.20. The summed E-state index contributed by atoms with van der Waals surface area (Å²) in [4.78, 5) is 25.4. The third-order valence-electron chi connectivity index (χ3n) is 1.12.